The van der Waals surface area contributed by atoms with Gasteiger partial charge in [-0.2, -0.15) is 0 Å². The number of nitrogens with one attached hydrogen (secondary N) is 1. The summed E-state index contributed by atoms with van der Waals surface area (Å²) in [6, 6.07) is 10.8. The average molecular weight is 247 g/mol. The van der Waals surface area contributed by atoms with E-state index in [1.54, 1.807) is 0 Å². The van der Waals surface area contributed by atoms with Gasteiger partial charge in [-0.05, 0) is 38.2 Å². The van der Waals surface area contributed by atoms with Crippen molar-refractivity contribution in [3.8, 4) is 0 Å². The van der Waals surface area contributed by atoms with Crippen LogP contribution in [0.5, 0.6) is 0 Å². The lowest BCUT2D eigenvalue weighted by atomic mass is 10.0. The van der Waals surface area contributed by atoms with Gasteiger partial charge in [0.05, 0.1) is 6.10 Å². The maximum absolute atomic E-state index is 10.2. The lowest BCUT2D eigenvalue weighted by molar-refractivity contribution is 0.151. The van der Waals surface area contributed by atoms with Crippen molar-refractivity contribution in [2.45, 2.75) is 57.7 Å². The third-order valence-electron chi connectivity index (χ3n) is 3.71. The Morgan fingerprint density at radius 3 is 2.44 bits per heavy atom. The van der Waals surface area contributed by atoms with E-state index in [0.29, 0.717) is 12.1 Å². The zero-order valence-electron chi connectivity index (χ0n) is 11.5. The summed E-state index contributed by atoms with van der Waals surface area (Å²) in [6.45, 7) is 4.42. The van der Waals surface area contributed by atoms with E-state index < -0.39 is 0 Å². The summed E-state index contributed by atoms with van der Waals surface area (Å²) in [7, 11) is 0. The first kappa shape index (κ1) is 13.6. The summed E-state index contributed by atoms with van der Waals surface area (Å²) in [5.74, 6) is 0.957. The molecule has 0 aliphatic heterocycles. The van der Waals surface area contributed by atoms with Crippen LogP contribution in [-0.4, -0.2) is 17.2 Å². The third-order valence-corrected chi connectivity index (χ3v) is 3.71. The Labute approximate surface area is 110 Å². The van der Waals surface area contributed by atoms with Gasteiger partial charge in [-0.25, -0.2) is 0 Å². The number of aliphatic hydroxyl groups is 1. The molecule has 3 unspecified atom stereocenters. The molecule has 18 heavy (non-hydrogen) atoms. The molecule has 2 nitrogen and oxygen atoms in total. The first-order valence-corrected chi connectivity index (χ1v) is 7.14. The van der Waals surface area contributed by atoms with Crippen molar-refractivity contribution < 1.29 is 5.11 Å². The van der Waals surface area contributed by atoms with Crippen molar-refractivity contribution in [1.82, 2.24) is 5.32 Å². The van der Waals surface area contributed by atoms with Crippen LogP contribution in [-0.2, 0) is 0 Å². The Kier molecular flexibility index (Phi) is 4.79. The molecule has 1 aromatic carbocycles. The van der Waals surface area contributed by atoms with Gasteiger partial charge < -0.3 is 10.4 Å². The highest BCUT2D eigenvalue weighted by Gasteiger charge is 2.24. The number of hydrogen-bond donors (Lipinski definition) is 2. The zero-order valence-corrected chi connectivity index (χ0v) is 11.5. The topological polar surface area (TPSA) is 32.3 Å². The standard InChI is InChI=1S/C16H25NO/c1-12(10-14-8-9-14)17-13(2)11-16(18)15-6-4-3-5-7-15/h3-7,12-14,16-18H,8-11H2,1-2H3. The quantitative estimate of drug-likeness (QED) is 0.775. The van der Waals surface area contributed by atoms with Crippen LogP contribution in [0.3, 0.4) is 0 Å². The molecule has 100 valence electrons. The summed E-state index contributed by atoms with van der Waals surface area (Å²) in [5.41, 5.74) is 1.01. The minimum absolute atomic E-state index is 0.356. The molecule has 0 radical (unpaired) electrons. The lowest BCUT2D eigenvalue weighted by Gasteiger charge is -2.22. The molecule has 2 N–H and O–H groups in total. The lowest BCUT2D eigenvalue weighted by Crippen LogP contribution is -2.35. The molecule has 0 bridgehead atoms. The van der Waals surface area contributed by atoms with Crippen LogP contribution in [0.15, 0.2) is 30.3 Å². The third kappa shape index (κ3) is 4.43. The van der Waals surface area contributed by atoms with E-state index in [1.807, 2.05) is 30.3 Å². The zero-order chi connectivity index (χ0) is 13.0. The van der Waals surface area contributed by atoms with Crippen molar-refractivity contribution >= 4 is 0 Å². The van der Waals surface area contributed by atoms with Gasteiger partial charge >= 0.3 is 0 Å². The van der Waals surface area contributed by atoms with Crippen molar-refractivity contribution in [3.05, 3.63) is 35.9 Å². The highest BCUT2D eigenvalue weighted by atomic mass is 16.3. The molecule has 1 aliphatic carbocycles. The number of rotatable bonds is 7. The van der Waals surface area contributed by atoms with Gasteiger partial charge in [0.1, 0.15) is 0 Å². The molecular weight excluding hydrogens is 222 g/mol. The predicted molar refractivity (Wildman–Crippen MR) is 75.4 cm³/mol. The Morgan fingerprint density at radius 2 is 1.83 bits per heavy atom. The van der Waals surface area contributed by atoms with Crippen molar-refractivity contribution in [1.29, 1.82) is 0 Å². The summed E-state index contributed by atoms with van der Waals surface area (Å²) in [5, 5.41) is 13.7. The van der Waals surface area contributed by atoms with Gasteiger partial charge in [0.15, 0.2) is 0 Å². The average Bonchev–Trinajstić information content (AvgIpc) is 3.13. The molecule has 2 rings (SSSR count). The second kappa shape index (κ2) is 6.35. The smallest absolute Gasteiger partial charge is 0.0804 e. The van der Waals surface area contributed by atoms with Crippen molar-refractivity contribution in [2.75, 3.05) is 0 Å². The van der Waals surface area contributed by atoms with Gasteiger partial charge in [-0.1, -0.05) is 43.2 Å². The Balaban J connectivity index is 1.74. The van der Waals surface area contributed by atoms with Gasteiger partial charge in [-0.3, -0.25) is 0 Å². The maximum atomic E-state index is 10.2. The van der Waals surface area contributed by atoms with Crippen molar-refractivity contribution in [3.63, 3.8) is 0 Å². The SMILES string of the molecule is CC(CC1CC1)NC(C)CC(O)c1ccccc1. The molecule has 1 aliphatic rings. The molecule has 2 heteroatoms. The summed E-state index contributed by atoms with van der Waals surface area (Å²) in [4.78, 5) is 0. The first-order chi connectivity index (χ1) is 8.65. The molecule has 1 fully saturated rings. The van der Waals surface area contributed by atoms with Crippen LogP contribution in [0.25, 0.3) is 0 Å². The van der Waals surface area contributed by atoms with Crippen LogP contribution in [0.2, 0.25) is 0 Å². The summed E-state index contributed by atoms with van der Waals surface area (Å²) in [6.07, 6.45) is 4.52. The summed E-state index contributed by atoms with van der Waals surface area (Å²) >= 11 is 0. The molecule has 1 aromatic rings. The maximum Gasteiger partial charge on any atom is 0.0804 e. The van der Waals surface area contributed by atoms with Crippen LogP contribution >= 0.6 is 0 Å². The minimum atomic E-state index is -0.359. The fraction of sp³-hybridized carbons (Fsp3) is 0.625. The predicted octanol–water partition coefficient (Wildman–Crippen LogP) is 3.28. The van der Waals surface area contributed by atoms with Crippen LogP contribution in [0, 0.1) is 5.92 Å². The molecule has 0 spiro atoms. The van der Waals surface area contributed by atoms with Crippen LogP contribution in [0.4, 0.5) is 0 Å². The van der Waals surface area contributed by atoms with Gasteiger partial charge in [0, 0.05) is 12.1 Å². The van der Waals surface area contributed by atoms with Crippen LogP contribution in [0.1, 0.15) is 51.2 Å². The van der Waals surface area contributed by atoms with E-state index in [2.05, 4.69) is 19.2 Å². The molecular formula is C16H25NO. The molecule has 0 heterocycles. The largest absolute Gasteiger partial charge is 0.388 e. The molecule has 0 saturated heterocycles. The monoisotopic (exact) mass is 247 g/mol. The highest BCUT2D eigenvalue weighted by Crippen LogP contribution is 2.33. The fourth-order valence-corrected chi connectivity index (χ4v) is 2.62. The van der Waals surface area contributed by atoms with Crippen molar-refractivity contribution in [2.24, 2.45) is 5.92 Å². The van der Waals surface area contributed by atoms with E-state index in [-0.39, 0.29) is 6.10 Å². The molecule has 3 atom stereocenters. The Hall–Kier alpha value is -0.860. The van der Waals surface area contributed by atoms with E-state index in [1.165, 1.54) is 19.3 Å². The number of aliphatic hydroxyl groups excluding tert-OH is 1. The molecule has 0 aromatic heterocycles. The Morgan fingerprint density at radius 1 is 1.17 bits per heavy atom. The number of benzene rings is 1. The van der Waals surface area contributed by atoms with Gasteiger partial charge in [-0.15, -0.1) is 0 Å². The normalized spacial score (nSPS) is 20.4. The highest BCUT2D eigenvalue weighted by molar-refractivity contribution is 5.17. The first-order valence-electron chi connectivity index (χ1n) is 7.14. The summed E-state index contributed by atoms with van der Waals surface area (Å²) < 4.78 is 0. The molecule has 0 amide bonds. The minimum Gasteiger partial charge on any atom is -0.388 e. The fourth-order valence-electron chi connectivity index (χ4n) is 2.62. The van der Waals surface area contributed by atoms with Crippen LogP contribution < -0.4 is 5.32 Å². The van der Waals surface area contributed by atoms with E-state index in [9.17, 15) is 5.11 Å². The van der Waals surface area contributed by atoms with Gasteiger partial charge in [0.2, 0.25) is 0 Å². The second-order valence-corrected chi connectivity index (χ2v) is 5.81. The second-order valence-electron chi connectivity index (χ2n) is 5.81. The van der Waals surface area contributed by atoms with Gasteiger partial charge in [0.25, 0.3) is 0 Å². The van der Waals surface area contributed by atoms with E-state index in [4.69, 9.17) is 0 Å². The Bertz CT molecular complexity index is 347. The number of hydrogen-bond acceptors (Lipinski definition) is 2. The van der Waals surface area contributed by atoms with E-state index in [0.717, 1.165) is 17.9 Å². The van der Waals surface area contributed by atoms with E-state index >= 15 is 0 Å². The molecule has 1 saturated carbocycles.